The summed E-state index contributed by atoms with van der Waals surface area (Å²) < 4.78 is 10.9. The van der Waals surface area contributed by atoms with E-state index in [1.165, 1.54) is 5.39 Å². The van der Waals surface area contributed by atoms with Crippen molar-refractivity contribution in [3.8, 4) is 5.75 Å². The van der Waals surface area contributed by atoms with Crippen molar-refractivity contribution in [3.63, 3.8) is 0 Å². The van der Waals surface area contributed by atoms with Gasteiger partial charge in [0.05, 0.1) is 0 Å². The largest absolute Gasteiger partial charge is 0.484 e. The van der Waals surface area contributed by atoms with Crippen molar-refractivity contribution in [3.05, 3.63) is 42.5 Å². The SMILES string of the molecule is O=C(COc1ccc2ccccc2c1)NCCCC1CCOC1. The van der Waals surface area contributed by atoms with Crippen molar-refractivity contribution < 1.29 is 14.3 Å². The van der Waals surface area contributed by atoms with Crippen molar-refractivity contribution in [1.82, 2.24) is 5.32 Å². The maximum absolute atomic E-state index is 11.8. The summed E-state index contributed by atoms with van der Waals surface area (Å²) in [6, 6.07) is 14.0. The van der Waals surface area contributed by atoms with Crippen LogP contribution in [0.25, 0.3) is 10.8 Å². The van der Waals surface area contributed by atoms with Crippen molar-refractivity contribution in [2.45, 2.75) is 19.3 Å². The second kappa shape index (κ2) is 7.97. The van der Waals surface area contributed by atoms with E-state index in [9.17, 15) is 4.79 Å². The van der Waals surface area contributed by atoms with Crippen LogP contribution in [0, 0.1) is 5.92 Å². The van der Waals surface area contributed by atoms with Crippen LogP contribution in [-0.2, 0) is 9.53 Å². The number of carbonyl (C=O) groups is 1. The van der Waals surface area contributed by atoms with E-state index in [1.54, 1.807) is 0 Å². The van der Waals surface area contributed by atoms with Gasteiger partial charge in [-0.05, 0) is 48.1 Å². The van der Waals surface area contributed by atoms with Gasteiger partial charge in [0.25, 0.3) is 5.91 Å². The van der Waals surface area contributed by atoms with Crippen LogP contribution in [0.5, 0.6) is 5.75 Å². The lowest BCUT2D eigenvalue weighted by Crippen LogP contribution is -2.29. The zero-order chi connectivity index (χ0) is 15.9. The minimum atomic E-state index is -0.0687. The zero-order valence-electron chi connectivity index (χ0n) is 13.3. The number of benzene rings is 2. The van der Waals surface area contributed by atoms with Gasteiger partial charge in [-0.2, -0.15) is 0 Å². The molecule has 3 rings (SSSR count). The Morgan fingerprint density at radius 3 is 2.91 bits per heavy atom. The first-order valence-corrected chi connectivity index (χ1v) is 8.27. The molecule has 0 aromatic heterocycles. The molecular formula is C19H23NO3. The zero-order valence-corrected chi connectivity index (χ0v) is 13.3. The second-order valence-electron chi connectivity index (χ2n) is 6.02. The van der Waals surface area contributed by atoms with Gasteiger partial charge in [0.15, 0.2) is 6.61 Å². The first kappa shape index (κ1) is 15.8. The van der Waals surface area contributed by atoms with Gasteiger partial charge in [0.1, 0.15) is 5.75 Å². The summed E-state index contributed by atoms with van der Waals surface area (Å²) in [6.07, 6.45) is 3.26. The molecule has 1 unspecified atom stereocenters. The fourth-order valence-corrected chi connectivity index (χ4v) is 2.89. The maximum Gasteiger partial charge on any atom is 0.257 e. The molecule has 1 aliphatic rings. The smallest absolute Gasteiger partial charge is 0.257 e. The molecule has 0 aliphatic carbocycles. The predicted molar refractivity (Wildman–Crippen MR) is 90.6 cm³/mol. The number of amides is 1. The maximum atomic E-state index is 11.8. The Labute approximate surface area is 136 Å². The summed E-state index contributed by atoms with van der Waals surface area (Å²) in [5, 5.41) is 5.19. The summed E-state index contributed by atoms with van der Waals surface area (Å²) in [7, 11) is 0. The molecule has 122 valence electrons. The first-order valence-electron chi connectivity index (χ1n) is 8.27. The van der Waals surface area contributed by atoms with Gasteiger partial charge in [-0.15, -0.1) is 0 Å². The van der Waals surface area contributed by atoms with Gasteiger partial charge in [0, 0.05) is 19.8 Å². The van der Waals surface area contributed by atoms with E-state index in [4.69, 9.17) is 9.47 Å². The van der Waals surface area contributed by atoms with Crippen LogP contribution in [0.2, 0.25) is 0 Å². The van der Waals surface area contributed by atoms with Gasteiger partial charge >= 0.3 is 0 Å². The lowest BCUT2D eigenvalue weighted by Gasteiger charge is -2.10. The van der Waals surface area contributed by atoms with Gasteiger partial charge in [-0.1, -0.05) is 30.3 Å². The molecule has 1 fully saturated rings. The summed E-state index contributed by atoms with van der Waals surface area (Å²) in [5.41, 5.74) is 0. The number of rotatable bonds is 7. The molecule has 4 heteroatoms. The van der Waals surface area contributed by atoms with Gasteiger partial charge in [-0.3, -0.25) is 4.79 Å². The molecule has 1 heterocycles. The predicted octanol–water partition coefficient (Wildman–Crippen LogP) is 3.15. The molecule has 0 spiro atoms. The van der Waals surface area contributed by atoms with E-state index in [0.717, 1.165) is 43.6 Å². The lowest BCUT2D eigenvalue weighted by molar-refractivity contribution is -0.123. The third kappa shape index (κ3) is 4.70. The molecule has 1 amide bonds. The molecule has 1 N–H and O–H groups in total. The Hall–Kier alpha value is -2.07. The summed E-state index contributed by atoms with van der Waals surface area (Å²) in [6.45, 7) is 2.52. The highest BCUT2D eigenvalue weighted by Gasteiger charge is 2.14. The van der Waals surface area contributed by atoms with Gasteiger partial charge in [-0.25, -0.2) is 0 Å². The van der Waals surface area contributed by atoms with Crippen LogP contribution in [0.15, 0.2) is 42.5 Å². The number of ether oxygens (including phenoxy) is 2. The third-order valence-electron chi connectivity index (χ3n) is 4.23. The Morgan fingerprint density at radius 2 is 2.09 bits per heavy atom. The van der Waals surface area contributed by atoms with E-state index < -0.39 is 0 Å². The van der Waals surface area contributed by atoms with Crippen LogP contribution in [0.4, 0.5) is 0 Å². The van der Waals surface area contributed by atoms with E-state index in [-0.39, 0.29) is 12.5 Å². The van der Waals surface area contributed by atoms with Crippen molar-refractivity contribution in [2.75, 3.05) is 26.4 Å². The fourth-order valence-electron chi connectivity index (χ4n) is 2.89. The minimum Gasteiger partial charge on any atom is -0.484 e. The standard InChI is InChI=1S/C19H23NO3/c21-19(20-10-3-4-15-9-11-22-13-15)14-23-18-8-7-16-5-1-2-6-17(16)12-18/h1-2,5-8,12,15H,3-4,9-11,13-14H2,(H,20,21). The van der Waals surface area contributed by atoms with Crippen LogP contribution in [0.1, 0.15) is 19.3 Å². The molecule has 23 heavy (non-hydrogen) atoms. The average Bonchev–Trinajstić information content (AvgIpc) is 3.10. The number of fused-ring (bicyclic) bond motifs is 1. The van der Waals surface area contributed by atoms with Crippen molar-refractivity contribution in [1.29, 1.82) is 0 Å². The Balaban J connectivity index is 1.37. The average molecular weight is 313 g/mol. The Morgan fingerprint density at radius 1 is 1.22 bits per heavy atom. The second-order valence-corrected chi connectivity index (χ2v) is 6.02. The molecular weight excluding hydrogens is 290 g/mol. The van der Waals surface area contributed by atoms with Crippen LogP contribution >= 0.6 is 0 Å². The van der Waals surface area contributed by atoms with E-state index in [0.29, 0.717) is 12.5 Å². The highest BCUT2D eigenvalue weighted by Crippen LogP contribution is 2.20. The molecule has 1 saturated heterocycles. The molecule has 2 aromatic rings. The molecule has 4 nitrogen and oxygen atoms in total. The highest BCUT2D eigenvalue weighted by atomic mass is 16.5. The van der Waals surface area contributed by atoms with Crippen LogP contribution in [0.3, 0.4) is 0 Å². The molecule has 1 aliphatic heterocycles. The fraction of sp³-hybridized carbons (Fsp3) is 0.421. The quantitative estimate of drug-likeness (QED) is 0.799. The number of nitrogens with one attached hydrogen (secondary N) is 1. The Bertz CT molecular complexity index is 650. The van der Waals surface area contributed by atoms with E-state index in [2.05, 4.69) is 11.4 Å². The van der Waals surface area contributed by atoms with Crippen molar-refractivity contribution in [2.24, 2.45) is 5.92 Å². The van der Waals surface area contributed by atoms with Gasteiger partial charge < -0.3 is 14.8 Å². The molecule has 0 bridgehead atoms. The molecule has 1 atom stereocenters. The number of hydrogen-bond donors (Lipinski definition) is 1. The first-order chi connectivity index (χ1) is 11.3. The van der Waals surface area contributed by atoms with Crippen molar-refractivity contribution >= 4 is 16.7 Å². The Kier molecular flexibility index (Phi) is 5.48. The van der Waals surface area contributed by atoms with Gasteiger partial charge in [0.2, 0.25) is 0 Å². The normalized spacial score (nSPS) is 17.3. The van der Waals surface area contributed by atoms with E-state index in [1.807, 2.05) is 36.4 Å². The van der Waals surface area contributed by atoms with Crippen LogP contribution in [-0.4, -0.2) is 32.3 Å². The highest BCUT2D eigenvalue weighted by molar-refractivity contribution is 5.84. The molecule has 0 saturated carbocycles. The van der Waals surface area contributed by atoms with Crippen LogP contribution < -0.4 is 10.1 Å². The summed E-state index contributed by atoms with van der Waals surface area (Å²) in [5.74, 6) is 1.32. The third-order valence-corrected chi connectivity index (χ3v) is 4.23. The lowest BCUT2D eigenvalue weighted by atomic mass is 10.0. The minimum absolute atomic E-state index is 0.0604. The molecule has 2 aromatic carbocycles. The number of hydrogen-bond acceptors (Lipinski definition) is 3. The monoisotopic (exact) mass is 313 g/mol. The van der Waals surface area contributed by atoms with E-state index >= 15 is 0 Å². The molecule has 0 radical (unpaired) electrons. The number of carbonyl (C=O) groups excluding carboxylic acids is 1. The topological polar surface area (TPSA) is 47.6 Å². The summed E-state index contributed by atoms with van der Waals surface area (Å²) >= 11 is 0. The summed E-state index contributed by atoms with van der Waals surface area (Å²) in [4.78, 5) is 11.8.